The monoisotopic (exact) mass is 249 g/mol. The van der Waals surface area contributed by atoms with E-state index in [-0.39, 0.29) is 24.9 Å². The van der Waals surface area contributed by atoms with Crippen LogP contribution in [-0.4, -0.2) is 68.9 Å². The smallest absolute Gasteiger partial charge is 0.239 e. The molecule has 0 aromatic carbocycles. The van der Waals surface area contributed by atoms with E-state index in [2.05, 4.69) is 5.32 Å². The molecule has 0 spiro atoms. The first-order chi connectivity index (χ1) is 7.30. The summed E-state index contributed by atoms with van der Waals surface area (Å²) in [7, 11) is -2.03. The van der Waals surface area contributed by atoms with Crippen molar-refractivity contribution in [3.05, 3.63) is 0 Å². The highest BCUT2D eigenvalue weighted by Crippen LogP contribution is 1.99. The van der Waals surface area contributed by atoms with Gasteiger partial charge >= 0.3 is 0 Å². The number of amides is 2. The van der Waals surface area contributed by atoms with Crippen molar-refractivity contribution in [1.82, 2.24) is 14.5 Å². The molecule has 1 saturated heterocycles. The third-order valence-electron chi connectivity index (χ3n) is 2.32. The molecule has 0 atom stereocenters. The Kier molecular flexibility index (Phi) is 3.87. The zero-order valence-electron chi connectivity index (χ0n) is 9.26. The maximum Gasteiger partial charge on any atom is 0.239 e. The topological polar surface area (TPSA) is 86.8 Å². The van der Waals surface area contributed by atoms with Crippen molar-refractivity contribution >= 4 is 21.8 Å². The number of likely N-dealkylation sites (N-methyl/N-ethyl adjacent to an activating group) is 1. The predicted molar refractivity (Wildman–Crippen MR) is 57.1 cm³/mol. The van der Waals surface area contributed by atoms with Crippen LogP contribution in [0.3, 0.4) is 0 Å². The molecule has 0 aromatic rings. The molecule has 0 radical (unpaired) electrons. The SMILES string of the molecule is CN(CC(=O)N1CCNC(=O)C1)S(C)(=O)=O. The summed E-state index contributed by atoms with van der Waals surface area (Å²) >= 11 is 0. The van der Waals surface area contributed by atoms with Crippen LogP contribution in [0.1, 0.15) is 0 Å². The first-order valence-corrected chi connectivity index (χ1v) is 6.61. The fraction of sp³-hybridized carbons (Fsp3) is 0.750. The quantitative estimate of drug-likeness (QED) is 0.617. The Labute approximate surface area is 94.4 Å². The van der Waals surface area contributed by atoms with E-state index in [1.807, 2.05) is 0 Å². The lowest BCUT2D eigenvalue weighted by molar-refractivity contribution is -0.138. The summed E-state index contributed by atoms with van der Waals surface area (Å²) in [5.74, 6) is -0.579. The molecule has 1 aliphatic heterocycles. The standard InChI is InChI=1S/C8H15N3O4S/c1-10(16(2,14)15)6-8(13)11-4-3-9-7(12)5-11/h3-6H2,1-2H3,(H,9,12). The Morgan fingerprint density at radius 3 is 2.69 bits per heavy atom. The number of piperazine rings is 1. The molecule has 2 amide bonds. The molecule has 8 heteroatoms. The number of nitrogens with zero attached hydrogens (tertiary/aromatic N) is 2. The van der Waals surface area contributed by atoms with E-state index >= 15 is 0 Å². The van der Waals surface area contributed by atoms with Gasteiger partial charge in [-0.1, -0.05) is 0 Å². The lowest BCUT2D eigenvalue weighted by atomic mass is 10.3. The number of rotatable bonds is 3. The van der Waals surface area contributed by atoms with Gasteiger partial charge in [-0.05, 0) is 0 Å². The Hall–Kier alpha value is -1.15. The Balaban J connectivity index is 2.55. The van der Waals surface area contributed by atoms with Crippen molar-refractivity contribution in [2.24, 2.45) is 0 Å². The molecule has 92 valence electrons. The molecule has 7 nitrogen and oxygen atoms in total. The Morgan fingerprint density at radius 2 is 2.19 bits per heavy atom. The van der Waals surface area contributed by atoms with E-state index in [0.717, 1.165) is 10.6 Å². The van der Waals surface area contributed by atoms with E-state index in [9.17, 15) is 18.0 Å². The minimum Gasteiger partial charge on any atom is -0.353 e. The third kappa shape index (κ3) is 3.46. The minimum atomic E-state index is -3.36. The summed E-state index contributed by atoms with van der Waals surface area (Å²) in [5, 5.41) is 2.59. The summed E-state index contributed by atoms with van der Waals surface area (Å²) in [4.78, 5) is 24.0. The molecule has 0 saturated carbocycles. The van der Waals surface area contributed by atoms with Crippen LogP contribution < -0.4 is 5.32 Å². The molecule has 0 bridgehead atoms. The number of nitrogens with one attached hydrogen (secondary N) is 1. The molecule has 0 unspecified atom stereocenters. The van der Waals surface area contributed by atoms with Crippen molar-refractivity contribution in [3.8, 4) is 0 Å². The molecular formula is C8H15N3O4S. The van der Waals surface area contributed by atoms with Crippen molar-refractivity contribution in [1.29, 1.82) is 0 Å². The first kappa shape index (κ1) is 12.9. The van der Waals surface area contributed by atoms with Gasteiger partial charge in [-0.3, -0.25) is 9.59 Å². The number of carbonyl (C=O) groups is 2. The highest BCUT2D eigenvalue weighted by atomic mass is 32.2. The number of carbonyl (C=O) groups excluding carboxylic acids is 2. The highest BCUT2D eigenvalue weighted by Gasteiger charge is 2.24. The van der Waals surface area contributed by atoms with E-state index in [4.69, 9.17) is 0 Å². The van der Waals surface area contributed by atoms with Crippen molar-refractivity contribution in [3.63, 3.8) is 0 Å². The normalized spacial score (nSPS) is 17.4. The average molecular weight is 249 g/mol. The van der Waals surface area contributed by atoms with E-state index in [0.29, 0.717) is 13.1 Å². The van der Waals surface area contributed by atoms with Crippen LogP contribution in [0.15, 0.2) is 0 Å². The molecule has 0 aliphatic carbocycles. The van der Waals surface area contributed by atoms with Gasteiger partial charge in [0.05, 0.1) is 19.3 Å². The minimum absolute atomic E-state index is 0.00354. The number of hydrogen-bond donors (Lipinski definition) is 1. The molecule has 0 aromatic heterocycles. The summed E-state index contributed by atoms with van der Waals surface area (Å²) in [6.45, 7) is 0.595. The number of hydrogen-bond acceptors (Lipinski definition) is 4. The van der Waals surface area contributed by atoms with Gasteiger partial charge in [0.15, 0.2) is 0 Å². The number of sulfonamides is 1. The maximum atomic E-state index is 11.6. The second kappa shape index (κ2) is 4.79. The van der Waals surface area contributed by atoms with E-state index < -0.39 is 10.0 Å². The second-order valence-electron chi connectivity index (χ2n) is 3.68. The van der Waals surface area contributed by atoms with Crippen LogP contribution in [0.25, 0.3) is 0 Å². The van der Waals surface area contributed by atoms with Gasteiger partial charge in [0.1, 0.15) is 0 Å². The van der Waals surface area contributed by atoms with Gasteiger partial charge in [-0.15, -0.1) is 0 Å². The zero-order chi connectivity index (χ0) is 12.3. The average Bonchev–Trinajstić information content (AvgIpc) is 2.16. The zero-order valence-corrected chi connectivity index (χ0v) is 10.1. The first-order valence-electron chi connectivity index (χ1n) is 4.76. The van der Waals surface area contributed by atoms with Crippen LogP contribution in [-0.2, 0) is 19.6 Å². The summed E-state index contributed by atoms with van der Waals surface area (Å²) in [6, 6.07) is 0. The Morgan fingerprint density at radius 1 is 1.56 bits per heavy atom. The van der Waals surface area contributed by atoms with Gasteiger partial charge in [0, 0.05) is 20.1 Å². The second-order valence-corrected chi connectivity index (χ2v) is 5.77. The fourth-order valence-corrected chi connectivity index (χ4v) is 1.60. The van der Waals surface area contributed by atoms with Crippen molar-refractivity contribution in [2.45, 2.75) is 0 Å². The fourth-order valence-electron chi connectivity index (χ4n) is 1.26. The van der Waals surface area contributed by atoms with Gasteiger partial charge in [-0.25, -0.2) is 8.42 Å². The van der Waals surface area contributed by atoms with Crippen LogP contribution in [0.4, 0.5) is 0 Å². The Bertz CT molecular complexity index is 392. The molecule has 1 fully saturated rings. The summed E-state index contributed by atoms with van der Waals surface area (Å²) in [5.41, 5.74) is 0. The van der Waals surface area contributed by atoms with Gasteiger partial charge in [0.2, 0.25) is 21.8 Å². The molecular weight excluding hydrogens is 234 g/mol. The predicted octanol–water partition coefficient (Wildman–Crippen LogP) is -2.16. The van der Waals surface area contributed by atoms with Gasteiger partial charge < -0.3 is 10.2 Å². The van der Waals surface area contributed by atoms with Crippen LogP contribution in [0.5, 0.6) is 0 Å². The maximum absolute atomic E-state index is 11.6. The van der Waals surface area contributed by atoms with Crippen LogP contribution >= 0.6 is 0 Å². The third-order valence-corrected chi connectivity index (χ3v) is 3.58. The highest BCUT2D eigenvalue weighted by molar-refractivity contribution is 7.88. The molecule has 1 rings (SSSR count). The largest absolute Gasteiger partial charge is 0.353 e. The van der Waals surface area contributed by atoms with E-state index in [1.54, 1.807) is 0 Å². The molecule has 1 aliphatic rings. The molecule has 16 heavy (non-hydrogen) atoms. The van der Waals surface area contributed by atoms with Crippen molar-refractivity contribution < 1.29 is 18.0 Å². The lowest BCUT2D eigenvalue weighted by Gasteiger charge is -2.27. The van der Waals surface area contributed by atoms with Crippen LogP contribution in [0, 0.1) is 0 Å². The summed E-state index contributed by atoms with van der Waals surface area (Å²) < 4.78 is 23.1. The lowest BCUT2D eigenvalue weighted by Crippen LogP contribution is -2.52. The van der Waals surface area contributed by atoms with Crippen LogP contribution in [0.2, 0.25) is 0 Å². The van der Waals surface area contributed by atoms with Gasteiger partial charge in [0.25, 0.3) is 0 Å². The summed E-state index contributed by atoms with van der Waals surface area (Å²) in [6.07, 6.45) is 1.03. The molecule has 1 heterocycles. The van der Waals surface area contributed by atoms with Crippen molar-refractivity contribution in [2.75, 3.05) is 39.5 Å². The van der Waals surface area contributed by atoms with Gasteiger partial charge in [-0.2, -0.15) is 4.31 Å². The van der Waals surface area contributed by atoms with E-state index in [1.165, 1.54) is 11.9 Å². The molecule has 1 N–H and O–H groups in total.